The zero-order chi connectivity index (χ0) is 9.14. The van der Waals surface area contributed by atoms with Gasteiger partial charge < -0.3 is 5.11 Å². The summed E-state index contributed by atoms with van der Waals surface area (Å²) in [5, 5.41) is 9.55. The van der Waals surface area contributed by atoms with Crippen LogP contribution >= 0.6 is 11.6 Å². The van der Waals surface area contributed by atoms with Crippen molar-refractivity contribution < 1.29 is 5.11 Å². The molecule has 1 aromatic rings. The van der Waals surface area contributed by atoms with E-state index < -0.39 is 0 Å². The van der Waals surface area contributed by atoms with Gasteiger partial charge in [0.2, 0.25) is 0 Å². The van der Waals surface area contributed by atoms with E-state index in [0.717, 1.165) is 11.1 Å². The van der Waals surface area contributed by atoms with Crippen molar-refractivity contribution in [3.05, 3.63) is 41.3 Å². The minimum absolute atomic E-state index is 0.0281. The molecule has 0 aliphatic heterocycles. The summed E-state index contributed by atoms with van der Waals surface area (Å²) in [6, 6.07) is 5.55. The van der Waals surface area contributed by atoms with Crippen LogP contribution in [0.25, 0.3) is 0 Å². The molecule has 1 atom stereocenters. The molecule has 0 fully saturated rings. The first kappa shape index (κ1) is 9.56. The molecule has 0 aliphatic rings. The Kier molecular flexibility index (Phi) is 3.12. The molecule has 12 heavy (non-hydrogen) atoms. The van der Waals surface area contributed by atoms with Crippen LogP contribution in [-0.4, -0.2) is 5.11 Å². The van der Waals surface area contributed by atoms with E-state index in [2.05, 4.69) is 6.92 Å². The van der Waals surface area contributed by atoms with Crippen molar-refractivity contribution in [1.29, 1.82) is 0 Å². The lowest BCUT2D eigenvalue weighted by Crippen LogP contribution is -1.91. The van der Waals surface area contributed by atoms with E-state index in [-0.39, 0.29) is 12.5 Å². The average molecular weight is 184 g/mol. The molecule has 0 saturated heterocycles. The fraction of sp³-hybridized carbons (Fsp3) is 0.300. The predicted molar refractivity (Wildman–Crippen MR) is 51.1 cm³/mol. The fourth-order valence-electron chi connectivity index (χ4n) is 1.05. The van der Waals surface area contributed by atoms with E-state index in [1.165, 1.54) is 0 Å². The maximum atomic E-state index is 8.89. The first-order chi connectivity index (χ1) is 5.63. The van der Waals surface area contributed by atoms with E-state index in [9.17, 15) is 0 Å². The van der Waals surface area contributed by atoms with Gasteiger partial charge in [0, 0.05) is 5.02 Å². The molecule has 1 N–H and O–H groups in total. The molecule has 1 nitrogen and oxygen atoms in total. The quantitative estimate of drug-likeness (QED) is 0.748. The highest BCUT2D eigenvalue weighted by Crippen LogP contribution is 2.21. The van der Waals surface area contributed by atoms with Gasteiger partial charge in [0.15, 0.2) is 0 Å². The van der Waals surface area contributed by atoms with Crippen molar-refractivity contribution in [1.82, 2.24) is 0 Å². The van der Waals surface area contributed by atoms with Crippen molar-refractivity contribution in [3.63, 3.8) is 0 Å². The Balaban J connectivity index is 3.06. The van der Waals surface area contributed by atoms with Crippen LogP contribution in [0.2, 0.25) is 5.02 Å². The fourth-order valence-corrected chi connectivity index (χ4v) is 1.32. The third-order valence-corrected chi connectivity index (χ3v) is 1.95. The number of aliphatic hydroxyl groups is 1. The highest BCUT2D eigenvalue weighted by atomic mass is 35.5. The number of hydrogen-bond acceptors (Lipinski definition) is 1. The molecule has 0 aliphatic carbocycles. The number of hydrogen-bond donors (Lipinski definition) is 1. The van der Waals surface area contributed by atoms with Gasteiger partial charge in [-0.3, -0.25) is 0 Å². The SMILES string of the molecule is [CH2]C(C)c1cc(Cl)cc(CO)c1. The molecule has 1 unspecified atom stereocenters. The van der Waals surface area contributed by atoms with Gasteiger partial charge in [-0.1, -0.05) is 24.6 Å². The monoisotopic (exact) mass is 183 g/mol. The summed E-state index contributed by atoms with van der Waals surface area (Å²) in [6.07, 6.45) is 0. The molecule has 2 heteroatoms. The number of benzene rings is 1. The summed E-state index contributed by atoms with van der Waals surface area (Å²) < 4.78 is 0. The molecular weight excluding hydrogens is 172 g/mol. The molecule has 65 valence electrons. The summed E-state index contributed by atoms with van der Waals surface area (Å²) in [7, 11) is 0. The average Bonchev–Trinajstić information content (AvgIpc) is 2.03. The highest BCUT2D eigenvalue weighted by Gasteiger charge is 2.02. The Bertz CT molecular complexity index is 269. The molecule has 0 heterocycles. The number of aliphatic hydroxyl groups excluding tert-OH is 1. The predicted octanol–water partition coefficient (Wildman–Crippen LogP) is 2.77. The van der Waals surface area contributed by atoms with E-state index >= 15 is 0 Å². The van der Waals surface area contributed by atoms with Crippen LogP contribution < -0.4 is 0 Å². The molecular formula is C10H12ClO. The van der Waals surface area contributed by atoms with Crippen LogP contribution in [0.4, 0.5) is 0 Å². The highest BCUT2D eigenvalue weighted by molar-refractivity contribution is 6.30. The molecule has 1 aromatic carbocycles. The van der Waals surface area contributed by atoms with Gasteiger partial charge in [-0.2, -0.15) is 0 Å². The first-order valence-electron chi connectivity index (χ1n) is 3.87. The Morgan fingerprint density at radius 1 is 1.50 bits per heavy atom. The van der Waals surface area contributed by atoms with Crippen LogP contribution in [0.1, 0.15) is 24.0 Å². The first-order valence-corrected chi connectivity index (χ1v) is 4.24. The van der Waals surface area contributed by atoms with Gasteiger partial charge in [-0.25, -0.2) is 0 Å². The summed E-state index contributed by atoms with van der Waals surface area (Å²) in [6.45, 7) is 5.91. The lowest BCUT2D eigenvalue weighted by molar-refractivity contribution is 0.281. The van der Waals surface area contributed by atoms with Gasteiger partial charge in [-0.15, -0.1) is 0 Å². The van der Waals surface area contributed by atoms with E-state index in [0.29, 0.717) is 5.02 Å². The third kappa shape index (κ3) is 2.23. The van der Waals surface area contributed by atoms with Crippen LogP contribution in [0, 0.1) is 6.92 Å². The Morgan fingerprint density at radius 2 is 2.17 bits per heavy atom. The second kappa shape index (κ2) is 3.92. The zero-order valence-corrected chi connectivity index (χ0v) is 7.80. The lowest BCUT2D eigenvalue weighted by atomic mass is 10.0. The molecule has 1 radical (unpaired) electrons. The van der Waals surface area contributed by atoms with Crippen LogP contribution in [0.15, 0.2) is 18.2 Å². The van der Waals surface area contributed by atoms with E-state index in [1.54, 1.807) is 6.07 Å². The smallest absolute Gasteiger partial charge is 0.0682 e. The number of halogens is 1. The molecule has 0 saturated carbocycles. The van der Waals surface area contributed by atoms with E-state index in [1.807, 2.05) is 19.1 Å². The molecule has 1 rings (SSSR count). The molecule has 0 bridgehead atoms. The van der Waals surface area contributed by atoms with Gasteiger partial charge in [0.1, 0.15) is 0 Å². The molecule has 0 amide bonds. The largest absolute Gasteiger partial charge is 0.392 e. The van der Waals surface area contributed by atoms with Crippen molar-refractivity contribution in [3.8, 4) is 0 Å². The second-order valence-corrected chi connectivity index (χ2v) is 3.39. The normalized spacial score (nSPS) is 10.8. The maximum absolute atomic E-state index is 8.89. The molecule has 0 aromatic heterocycles. The van der Waals surface area contributed by atoms with E-state index in [4.69, 9.17) is 16.7 Å². The topological polar surface area (TPSA) is 20.2 Å². The summed E-state index contributed by atoms with van der Waals surface area (Å²) in [5.74, 6) is 0.203. The Hall–Kier alpha value is -0.530. The minimum atomic E-state index is 0.0281. The summed E-state index contributed by atoms with van der Waals surface area (Å²) >= 11 is 5.83. The standard InChI is InChI=1S/C10H12ClO/c1-7(2)9-3-8(6-12)4-10(11)5-9/h3-5,7,12H,1,6H2,2H3. The summed E-state index contributed by atoms with van der Waals surface area (Å²) in [5.41, 5.74) is 1.90. The van der Waals surface area contributed by atoms with Crippen molar-refractivity contribution in [2.45, 2.75) is 19.4 Å². The number of rotatable bonds is 2. The maximum Gasteiger partial charge on any atom is 0.0682 e. The van der Waals surface area contributed by atoms with Crippen LogP contribution in [0.5, 0.6) is 0 Å². The summed E-state index contributed by atoms with van der Waals surface area (Å²) in [4.78, 5) is 0. The second-order valence-electron chi connectivity index (χ2n) is 2.95. The minimum Gasteiger partial charge on any atom is -0.392 e. The van der Waals surface area contributed by atoms with Gasteiger partial charge >= 0.3 is 0 Å². The van der Waals surface area contributed by atoms with Gasteiger partial charge in [0.25, 0.3) is 0 Å². The Morgan fingerprint density at radius 3 is 2.67 bits per heavy atom. The third-order valence-electron chi connectivity index (χ3n) is 1.73. The van der Waals surface area contributed by atoms with Crippen LogP contribution in [-0.2, 0) is 6.61 Å². The Labute approximate surface area is 78.0 Å². The van der Waals surface area contributed by atoms with Gasteiger partial charge in [-0.05, 0) is 36.1 Å². The lowest BCUT2D eigenvalue weighted by Gasteiger charge is -2.07. The van der Waals surface area contributed by atoms with Crippen molar-refractivity contribution in [2.75, 3.05) is 0 Å². The van der Waals surface area contributed by atoms with Crippen molar-refractivity contribution in [2.24, 2.45) is 0 Å². The molecule has 0 spiro atoms. The zero-order valence-electron chi connectivity index (χ0n) is 7.05. The van der Waals surface area contributed by atoms with Gasteiger partial charge in [0.05, 0.1) is 6.61 Å². The van der Waals surface area contributed by atoms with Crippen LogP contribution in [0.3, 0.4) is 0 Å². The van der Waals surface area contributed by atoms with Crippen molar-refractivity contribution >= 4 is 11.6 Å².